The van der Waals surface area contributed by atoms with Crippen molar-refractivity contribution in [3.05, 3.63) is 64.2 Å². The molecule has 1 aromatic heterocycles. The van der Waals surface area contributed by atoms with Gasteiger partial charge in [0.1, 0.15) is 17.1 Å². The molecular formula is C25H28O4. The van der Waals surface area contributed by atoms with Gasteiger partial charge in [0.05, 0.1) is 12.5 Å². The van der Waals surface area contributed by atoms with Gasteiger partial charge in [0, 0.05) is 10.9 Å². The van der Waals surface area contributed by atoms with E-state index in [0.29, 0.717) is 11.3 Å². The van der Waals surface area contributed by atoms with Crippen molar-refractivity contribution >= 4 is 10.8 Å². The van der Waals surface area contributed by atoms with E-state index < -0.39 is 11.2 Å². The summed E-state index contributed by atoms with van der Waals surface area (Å²) in [5.74, 6) is 1.85. The van der Waals surface area contributed by atoms with E-state index in [9.17, 15) is 9.90 Å². The third kappa shape index (κ3) is 3.82. The van der Waals surface area contributed by atoms with Gasteiger partial charge < -0.3 is 14.3 Å². The van der Waals surface area contributed by atoms with Crippen LogP contribution >= 0.6 is 0 Å². The van der Waals surface area contributed by atoms with Crippen molar-refractivity contribution in [3.8, 4) is 16.9 Å². The van der Waals surface area contributed by atoms with Crippen molar-refractivity contribution in [3.63, 3.8) is 0 Å². The van der Waals surface area contributed by atoms with E-state index in [0.717, 1.165) is 34.2 Å². The van der Waals surface area contributed by atoms with Crippen molar-refractivity contribution in [1.29, 1.82) is 0 Å². The van der Waals surface area contributed by atoms with Gasteiger partial charge in [-0.2, -0.15) is 0 Å². The summed E-state index contributed by atoms with van der Waals surface area (Å²) < 4.78 is 11.3. The number of aliphatic hydroxyl groups is 1. The average Bonchev–Trinajstić information content (AvgIpc) is 3.20. The molecule has 1 N–H and O–H groups in total. The Balaban J connectivity index is 1.94. The first-order chi connectivity index (χ1) is 13.9. The van der Waals surface area contributed by atoms with Gasteiger partial charge in [-0.1, -0.05) is 49.9 Å². The zero-order chi connectivity index (χ0) is 20.6. The number of rotatable bonds is 5. The highest BCUT2D eigenvalue weighted by Gasteiger charge is 2.28. The molecule has 4 rings (SSSR count). The number of ether oxygens (including phenoxy) is 1. The molecule has 0 aliphatic heterocycles. The second-order valence-corrected chi connectivity index (χ2v) is 8.58. The fourth-order valence-corrected chi connectivity index (χ4v) is 4.54. The molecule has 4 nitrogen and oxygen atoms in total. The third-order valence-electron chi connectivity index (χ3n) is 5.95. The summed E-state index contributed by atoms with van der Waals surface area (Å²) in [5.41, 5.74) is 1.14. The van der Waals surface area contributed by atoms with E-state index in [1.807, 2.05) is 30.3 Å². The molecule has 1 fully saturated rings. The first kappa shape index (κ1) is 19.7. The maximum atomic E-state index is 12.5. The van der Waals surface area contributed by atoms with E-state index in [1.165, 1.54) is 25.7 Å². The first-order valence-corrected chi connectivity index (χ1v) is 10.3. The van der Waals surface area contributed by atoms with Crippen molar-refractivity contribution in [2.75, 3.05) is 7.11 Å². The zero-order valence-corrected chi connectivity index (χ0v) is 17.3. The molecule has 0 spiro atoms. The molecule has 3 aromatic rings. The molecule has 0 amide bonds. The van der Waals surface area contributed by atoms with Gasteiger partial charge >= 0.3 is 5.63 Å². The number of fused-ring (bicyclic) bond motifs is 1. The van der Waals surface area contributed by atoms with Gasteiger partial charge in [0.2, 0.25) is 0 Å². The molecule has 4 heteroatoms. The number of benzene rings is 2. The van der Waals surface area contributed by atoms with E-state index in [4.69, 9.17) is 9.15 Å². The van der Waals surface area contributed by atoms with Crippen molar-refractivity contribution in [2.45, 2.75) is 51.6 Å². The van der Waals surface area contributed by atoms with Crippen LogP contribution in [0.4, 0.5) is 0 Å². The molecule has 1 aliphatic rings. The largest absolute Gasteiger partial charge is 0.496 e. The topological polar surface area (TPSA) is 59.7 Å². The van der Waals surface area contributed by atoms with Crippen LogP contribution in [0.5, 0.6) is 5.75 Å². The molecule has 0 radical (unpaired) electrons. The fraction of sp³-hybridized carbons (Fsp3) is 0.400. The van der Waals surface area contributed by atoms with Crippen LogP contribution in [0.1, 0.15) is 50.9 Å². The summed E-state index contributed by atoms with van der Waals surface area (Å²) in [6, 6.07) is 13.5. The summed E-state index contributed by atoms with van der Waals surface area (Å²) >= 11 is 0. The van der Waals surface area contributed by atoms with Crippen molar-refractivity contribution in [2.24, 2.45) is 5.92 Å². The zero-order valence-electron chi connectivity index (χ0n) is 17.3. The number of methoxy groups -OCH3 is 1. The quantitative estimate of drug-likeness (QED) is 0.629. The SMILES string of the molecule is COc1ccc(-c2c(C(C)(C)O)oc(=O)c3ccccc23)cc1CC1CCCC1. The average molecular weight is 392 g/mol. The van der Waals surface area contributed by atoms with Crippen LogP contribution < -0.4 is 10.4 Å². The maximum Gasteiger partial charge on any atom is 0.343 e. The van der Waals surface area contributed by atoms with Crippen LogP contribution in [-0.2, 0) is 12.0 Å². The third-order valence-corrected chi connectivity index (χ3v) is 5.95. The summed E-state index contributed by atoms with van der Waals surface area (Å²) in [6.45, 7) is 3.29. The Labute approximate surface area is 171 Å². The maximum absolute atomic E-state index is 12.5. The molecule has 1 aliphatic carbocycles. The van der Waals surface area contributed by atoms with Gasteiger partial charge in [0.25, 0.3) is 0 Å². The standard InChI is InChI=1S/C25H28O4/c1-25(2,27)23-22(19-10-6-7-11-20(19)24(26)29-23)17-12-13-21(28-3)18(15-17)14-16-8-4-5-9-16/h6-7,10-13,15-16,27H,4-5,8-9,14H2,1-3H3. The number of hydrogen-bond donors (Lipinski definition) is 1. The lowest BCUT2D eigenvalue weighted by Crippen LogP contribution is -2.20. The van der Waals surface area contributed by atoms with Crippen molar-refractivity contribution < 1.29 is 14.3 Å². The van der Waals surface area contributed by atoms with Gasteiger partial charge in [-0.3, -0.25) is 0 Å². The van der Waals surface area contributed by atoms with Crippen LogP contribution in [0.2, 0.25) is 0 Å². The predicted octanol–water partition coefficient (Wildman–Crippen LogP) is 5.43. The Hall–Kier alpha value is -2.59. The molecule has 1 heterocycles. The van der Waals surface area contributed by atoms with E-state index in [1.54, 1.807) is 27.0 Å². The number of hydrogen-bond acceptors (Lipinski definition) is 4. The van der Waals surface area contributed by atoms with Gasteiger partial charge in [0.15, 0.2) is 0 Å². The van der Waals surface area contributed by atoms with Crippen LogP contribution in [-0.4, -0.2) is 12.2 Å². The summed E-state index contributed by atoms with van der Waals surface area (Å²) in [5, 5.41) is 12.1. The molecule has 2 aromatic carbocycles. The minimum Gasteiger partial charge on any atom is -0.496 e. The molecule has 152 valence electrons. The smallest absolute Gasteiger partial charge is 0.343 e. The fourth-order valence-electron chi connectivity index (χ4n) is 4.54. The van der Waals surface area contributed by atoms with E-state index >= 15 is 0 Å². The second-order valence-electron chi connectivity index (χ2n) is 8.58. The minimum absolute atomic E-state index is 0.290. The Bertz CT molecular complexity index is 1080. The Morgan fingerprint density at radius 3 is 2.45 bits per heavy atom. The van der Waals surface area contributed by atoms with E-state index in [2.05, 4.69) is 6.07 Å². The minimum atomic E-state index is -1.29. The van der Waals surface area contributed by atoms with Crippen LogP contribution in [0.15, 0.2) is 51.7 Å². The highest BCUT2D eigenvalue weighted by Crippen LogP contribution is 2.39. The Kier molecular flexibility index (Phi) is 5.22. The molecule has 1 saturated carbocycles. The van der Waals surface area contributed by atoms with Crippen LogP contribution in [0, 0.1) is 5.92 Å². The van der Waals surface area contributed by atoms with E-state index in [-0.39, 0.29) is 5.76 Å². The van der Waals surface area contributed by atoms with Gasteiger partial charge in [-0.15, -0.1) is 0 Å². The monoisotopic (exact) mass is 392 g/mol. The van der Waals surface area contributed by atoms with Crippen molar-refractivity contribution in [1.82, 2.24) is 0 Å². The molecule has 0 unspecified atom stereocenters. The molecule has 29 heavy (non-hydrogen) atoms. The summed E-state index contributed by atoms with van der Waals surface area (Å²) in [4.78, 5) is 12.5. The lowest BCUT2D eigenvalue weighted by Gasteiger charge is -2.22. The highest BCUT2D eigenvalue weighted by atomic mass is 16.5. The van der Waals surface area contributed by atoms with Gasteiger partial charge in [-0.25, -0.2) is 4.79 Å². The Morgan fingerprint density at radius 1 is 1.10 bits per heavy atom. The van der Waals surface area contributed by atoms with Crippen LogP contribution in [0.25, 0.3) is 21.9 Å². The molecule has 0 atom stereocenters. The Morgan fingerprint density at radius 2 is 1.79 bits per heavy atom. The lowest BCUT2D eigenvalue weighted by atomic mass is 9.89. The molecular weight excluding hydrogens is 364 g/mol. The van der Waals surface area contributed by atoms with Crippen LogP contribution in [0.3, 0.4) is 0 Å². The summed E-state index contributed by atoms with van der Waals surface area (Å²) in [7, 11) is 1.70. The predicted molar refractivity (Wildman–Crippen MR) is 115 cm³/mol. The lowest BCUT2D eigenvalue weighted by molar-refractivity contribution is 0.0521. The second kappa shape index (κ2) is 7.68. The molecule has 0 saturated heterocycles. The first-order valence-electron chi connectivity index (χ1n) is 10.3. The highest BCUT2D eigenvalue weighted by molar-refractivity contribution is 5.97. The summed E-state index contributed by atoms with van der Waals surface area (Å²) in [6.07, 6.45) is 6.08. The normalized spacial score (nSPS) is 15.2. The molecule has 0 bridgehead atoms. The van der Waals surface area contributed by atoms with Gasteiger partial charge in [-0.05, 0) is 55.5 Å².